The van der Waals surface area contributed by atoms with Crippen molar-refractivity contribution in [3.8, 4) is 0 Å². The number of rotatable bonds is 6. The van der Waals surface area contributed by atoms with Crippen molar-refractivity contribution in [3.63, 3.8) is 0 Å². The standard InChI is InChI=1S/C23H27FN2O4/c24-18-7-5-17(6-8-18)21-19-4-2-1-3-16(19)9-11-26(21)22(28)20-13-23(29,15-30-20)14-25-10-12-27/h1-8,20-21,25,27,29H,9-15H2/t20-,21-,23-/m0/s1. The predicted molar refractivity (Wildman–Crippen MR) is 109 cm³/mol. The number of fused-ring (bicyclic) bond motifs is 1. The molecule has 2 aliphatic heterocycles. The van der Waals surface area contributed by atoms with Gasteiger partial charge in [0.15, 0.2) is 0 Å². The van der Waals surface area contributed by atoms with Crippen molar-refractivity contribution in [2.24, 2.45) is 0 Å². The average molecular weight is 414 g/mol. The number of nitrogens with one attached hydrogen (secondary N) is 1. The number of aliphatic hydroxyl groups excluding tert-OH is 1. The number of nitrogens with zero attached hydrogens (tertiary/aromatic N) is 1. The predicted octanol–water partition coefficient (Wildman–Crippen LogP) is 1.40. The fraction of sp³-hybridized carbons (Fsp3) is 0.435. The Kier molecular flexibility index (Phi) is 6.15. The maximum absolute atomic E-state index is 13.5. The van der Waals surface area contributed by atoms with Gasteiger partial charge in [0.05, 0.1) is 19.3 Å². The second kappa shape index (κ2) is 8.81. The fourth-order valence-electron chi connectivity index (χ4n) is 4.39. The van der Waals surface area contributed by atoms with E-state index >= 15 is 0 Å². The van der Waals surface area contributed by atoms with Crippen molar-refractivity contribution >= 4 is 5.91 Å². The van der Waals surface area contributed by atoms with Crippen LogP contribution in [0.4, 0.5) is 4.39 Å². The molecular weight excluding hydrogens is 387 g/mol. The van der Waals surface area contributed by atoms with E-state index in [9.17, 15) is 14.3 Å². The zero-order chi connectivity index (χ0) is 21.1. The van der Waals surface area contributed by atoms with Crippen LogP contribution in [-0.2, 0) is 16.0 Å². The summed E-state index contributed by atoms with van der Waals surface area (Å²) in [6.07, 6.45) is 0.187. The van der Waals surface area contributed by atoms with Gasteiger partial charge in [0, 0.05) is 26.1 Å². The smallest absolute Gasteiger partial charge is 0.252 e. The molecular formula is C23H27FN2O4. The molecule has 3 atom stereocenters. The molecule has 0 spiro atoms. The molecule has 2 aliphatic rings. The summed E-state index contributed by atoms with van der Waals surface area (Å²) < 4.78 is 19.2. The molecule has 0 bridgehead atoms. The first-order chi connectivity index (χ1) is 14.5. The van der Waals surface area contributed by atoms with Crippen molar-refractivity contribution in [1.29, 1.82) is 0 Å². The van der Waals surface area contributed by atoms with Crippen molar-refractivity contribution in [1.82, 2.24) is 10.2 Å². The highest BCUT2D eigenvalue weighted by Crippen LogP contribution is 2.37. The van der Waals surface area contributed by atoms with E-state index in [1.165, 1.54) is 17.7 Å². The monoisotopic (exact) mass is 414 g/mol. The Morgan fingerprint density at radius 1 is 1.23 bits per heavy atom. The maximum atomic E-state index is 13.5. The van der Waals surface area contributed by atoms with Crippen LogP contribution in [0.1, 0.15) is 29.2 Å². The Labute approximate surface area is 175 Å². The van der Waals surface area contributed by atoms with Gasteiger partial charge < -0.3 is 25.2 Å². The molecule has 1 fully saturated rings. The summed E-state index contributed by atoms with van der Waals surface area (Å²) in [7, 11) is 0. The van der Waals surface area contributed by atoms with Crippen LogP contribution in [0.5, 0.6) is 0 Å². The summed E-state index contributed by atoms with van der Waals surface area (Å²) in [5, 5.41) is 22.6. The first kappa shape index (κ1) is 20.9. The van der Waals surface area contributed by atoms with Crippen molar-refractivity contribution in [3.05, 3.63) is 71.0 Å². The Morgan fingerprint density at radius 3 is 2.77 bits per heavy atom. The van der Waals surface area contributed by atoms with Crippen LogP contribution >= 0.6 is 0 Å². The van der Waals surface area contributed by atoms with Gasteiger partial charge in [-0.2, -0.15) is 0 Å². The van der Waals surface area contributed by atoms with E-state index in [1.807, 2.05) is 18.2 Å². The Morgan fingerprint density at radius 2 is 2.00 bits per heavy atom. The van der Waals surface area contributed by atoms with Gasteiger partial charge in [-0.05, 0) is 35.2 Å². The molecule has 0 aromatic heterocycles. The van der Waals surface area contributed by atoms with E-state index in [2.05, 4.69) is 11.4 Å². The van der Waals surface area contributed by atoms with Gasteiger partial charge in [-0.15, -0.1) is 0 Å². The van der Waals surface area contributed by atoms with Crippen LogP contribution < -0.4 is 5.32 Å². The van der Waals surface area contributed by atoms with Crippen molar-refractivity contribution < 1.29 is 24.1 Å². The van der Waals surface area contributed by atoms with E-state index in [0.29, 0.717) is 13.1 Å². The van der Waals surface area contributed by atoms with Crippen LogP contribution in [0, 0.1) is 5.82 Å². The van der Waals surface area contributed by atoms with E-state index in [-0.39, 0.29) is 43.9 Å². The van der Waals surface area contributed by atoms with Gasteiger partial charge in [-0.3, -0.25) is 4.79 Å². The molecule has 6 nitrogen and oxygen atoms in total. The van der Waals surface area contributed by atoms with E-state index in [1.54, 1.807) is 17.0 Å². The number of hydrogen-bond acceptors (Lipinski definition) is 5. The first-order valence-corrected chi connectivity index (χ1v) is 10.3. The number of hydrogen-bond donors (Lipinski definition) is 3. The third kappa shape index (κ3) is 4.25. The molecule has 2 aromatic carbocycles. The lowest BCUT2D eigenvalue weighted by molar-refractivity contribution is -0.143. The molecule has 0 saturated carbocycles. The first-order valence-electron chi connectivity index (χ1n) is 10.3. The molecule has 30 heavy (non-hydrogen) atoms. The summed E-state index contributed by atoms with van der Waals surface area (Å²) in [6, 6.07) is 13.9. The van der Waals surface area contributed by atoms with Crippen molar-refractivity contribution in [2.75, 3.05) is 32.8 Å². The Balaban J connectivity index is 1.58. The second-order valence-electron chi connectivity index (χ2n) is 8.06. The fourth-order valence-corrected chi connectivity index (χ4v) is 4.39. The van der Waals surface area contributed by atoms with E-state index in [4.69, 9.17) is 9.84 Å². The highest BCUT2D eigenvalue weighted by Gasteiger charge is 2.44. The molecule has 4 rings (SSSR count). The third-order valence-corrected chi connectivity index (χ3v) is 5.89. The highest BCUT2D eigenvalue weighted by atomic mass is 19.1. The molecule has 1 saturated heterocycles. The largest absolute Gasteiger partial charge is 0.395 e. The lowest BCUT2D eigenvalue weighted by Crippen LogP contribution is -2.46. The third-order valence-electron chi connectivity index (χ3n) is 5.89. The topological polar surface area (TPSA) is 82.0 Å². The minimum absolute atomic E-state index is 0.0220. The zero-order valence-corrected chi connectivity index (χ0v) is 16.8. The summed E-state index contributed by atoms with van der Waals surface area (Å²) >= 11 is 0. The molecule has 0 unspecified atom stereocenters. The number of carbonyl (C=O) groups excluding carboxylic acids is 1. The summed E-state index contributed by atoms with van der Waals surface area (Å²) in [5.41, 5.74) is 1.90. The molecule has 2 aromatic rings. The molecule has 2 heterocycles. The Hall–Kier alpha value is -2.32. The van der Waals surface area contributed by atoms with E-state index < -0.39 is 11.7 Å². The lowest BCUT2D eigenvalue weighted by atomic mass is 9.87. The van der Waals surface area contributed by atoms with Crippen LogP contribution in [0.15, 0.2) is 48.5 Å². The second-order valence-corrected chi connectivity index (χ2v) is 8.06. The summed E-state index contributed by atoms with van der Waals surface area (Å²) in [4.78, 5) is 15.2. The molecule has 3 N–H and O–H groups in total. The van der Waals surface area contributed by atoms with Gasteiger partial charge in [0.2, 0.25) is 0 Å². The molecule has 1 amide bonds. The minimum Gasteiger partial charge on any atom is -0.395 e. The minimum atomic E-state index is -1.14. The summed E-state index contributed by atoms with van der Waals surface area (Å²) in [5.74, 6) is -0.489. The van der Waals surface area contributed by atoms with Gasteiger partial charge >= 0.3 is 0 Å². The highest BCUT2D eigenvalue weighted by molar-refractivity contribution is 5.82. The van der Waals surface area contributed by atoms with E-state index in [0.717, 1.165) is 17.5 Å². The number of ether oxygens (including phenoxy) is 1. The average Bonchev–Trinajstić information content (AvgIpc) is 3.15. The molecule has 0 radical (unpaired) electrons. The normalized spacial score (nSPS) is 25.9. The number of carbonyl (C=O) groups is 1. The summed E-state index contributed by atoms with van der Waals surface area (Å²) in [6.45, 7) is 1.19. The molecule has 7 heteroatoms. The number of benzene rings is 2. The zero-order valence-electron chi connectivity index (χ0n) is 16.8. The molecule has 160 valence electrons. The number of halogens is 1. The van der Waals surface area contributed by atoms with Gasteiger partial charge in [0.1, 0.15) is 17.5 Å². The quantitative estimate of drug-likeness (QED) is 0.623. The van der Waals surface area contributed by atoms with Gasteiger partial charge in [-0.25, -0.2) is 4.39 Å². The SMILES string of the molecule is O=C([C@@H]1C[C@](O)(CNCCO)CO1)N1CCc2ccccc2[C@@H]1c1ccc(F)cc1. The van der Waals surface area contributed by atoms with Crippen molar-refractivity contribution in [2.45, 2.75) is 30.6 Å². The van der Waals surface area contributed by atoms with Gasteiger partial charge in [-0.1, -0.05) is 36.4 Å². The Bertz CT molecular complexity index is 891. The van der Waals surface area contributed by atoms with Crippen LogP contribution in [-0.4, -0.2) is 65.6 Å². The number of aliphatic hydroxyl groups is 2. The maximum Gasteiger partial charge on any atom is 0.252 e. The molecule has 0 aliphatic carbocycles. The lowest BCUT2D eigenvalue weighted by Gasteiger charge is -2.39. The van der Waals surface area contributed by atoms with Gasteiger partial charge in [0.25, 0.3) is 5.91 Å². The number of amides is 1. The van der Waals surface area contributed by atoms with Crippen LogP contribution in [0.25, 0.3) is 0 Å². The van der Waals surface area contributed by atoms with Crippen LogP contribution in [0.2, 0.25) is 0 Å². The van der Waals surface area contributed by atoms with Crippen LogP contribution in [0.3, 0.4) is 0 Å².